The predicted octanol–water partition coefficient (Wildman–Crippen LogP) is 2.27. The van der Waals surface area contributed by atoms with E-state index < -0.39 is 0 Å². The molecule has 2 aromatic rings. The van der Waals surface area contributed by atoms with Crippen LogP contribution >= 0.6 is 0 Å². The topological polar surface area (TPSA) is 30.7 Å². The molecule has 1 aromatic heterocycles. The molecule has 2 rings (SSSR count). The Morgan fingerprint density at radius 1 is 1.33 bits per heavy atom. The Balaban J connectivity index is 2.28. The molecule has 0 unspecified atom stereocenters. The van der Waals surface area contributed by atoms with Gasteiger partial charge >= 0.3 is 0 Å². The quantitative estimate of drug-likeness (QED) is 0.716. The van der Waals surface area contributed by atoms with Crippen molar-refractivity contribution >= 4 is 0 Å². The second-order valence-corrected chi connectivity index (χ2v) is 3.12. The highest BCUT2D eigenvalue weighted by Gasteiger charge is 2.02. The van der Waals surface area contributed by atoms with Crippen molar-refractivity contribution < 1.29 is 4.39 Å². The van der Waals surface area contributed by atoms with Gasteiger partial charge in [0.05, 0.1) is 12.7 Å². The second-order valence-electron chi connectivity index (χ2n) is 3.12. The van der Waals surface area contributed by atoms with Gasteiger partial charge < -0.3 is 0 Å². The zero-order valence-corrected chi connectivity index (χ0v) is 8.10. The van der Waals surface area contributed by atoms with Crippen LogP contribution < -0.4 is 0 Å². The van der Waals surface area contributed by atoms with Crippen molar-refractivity contribution in [1.82, 2.24) is 15.0 Å². The molecular formula is C11H10FN3. The van der Waals surface area contributed by atoms with Crippen LogP contribution in [0.25, 0.3) is 11.3 Å². The van der Waals surface area contributed by atoms with Gasteiger partial charge in [-0.3, -0.25) is 0 Å². The molecule has 0 bridgehead atoms. The molecular weight excluding hydrogens is 193 g/mol. The van der Waals surface area contributed by atoms with E-state index in [0.717, 1.165) is 11.3 Å². The van der Waals surface area contributed by atoms with Crippen LogP contribution in [0.2, 0.25) is 0 Å². The lowest BCUT2D eigenvalue weighted by Crippen LogP contribution is -1.94. The molecule has 1 aromatic carbocycles. The first-order valence-corrected chi connectivity index (χ1v) is 4.56. The summed E-state index contributed by atoms with van der Waals surface area (Å²) in [4.78, 5) is 0. The van der Waals surface area contributed by atoms with Crippen LogP contribution in [0.1, 0.15) is 0 Å². The molecule has 0 amide bonds. The van der Waals surface area contributed by atoms with Crippen molar-refractivity contribution in [2.75, 3.05) is 0 Å². The molecule has 0 saturated carbocycles. The van der Waals surface area contributed by atoms with Gasteiger partial charge in [0.1, 0.15) is 11.5 Å². The van der Waals surface area contributed by atoms with Crippen molar-refractivity contribution in [2.45, 2.75) is 6.54 Å². The Morgan fingerprint density at radius 3 is 2.73 bits per heavy atom. The number of nitrogens with zero attached hydrogens (tertiary/aromatic N) is 3. The van der Waals surface area contributed by atoms with Crippen LogP contribution in [0.15, 0.2) is 43.1 Å². The highest BCUT2D eigenvalue weighted by atomic mass is 19.1. The molecule has 0 aliphatic carbocycles. The van der Waals surface area contributed by atoms with Crippen LogP contribution in [0.5, 0.6) is 0 Å². The standard InChI is InChI=1S/C11H10FN3/c1-2-7-15-8-11(13-14-15)9-3-5-10(12)6-4-9/h2-6,8H,1,7H2. The first-order valence-electron chi connectivity index (χ1n) is 4.56. The van der Waals surface area contributed by atoms with Gasteiger partial charge in [0.15, 0.2) is 0 Å². The summed E-state index contributed by atoms with van der Waals surface area (Å²) in [6.45, 7) is 4.23. The molecule has 0 spiro atoms. The molecule has 3 nitrogen and oxygen atoms in total. The summed E-state index contributed by atoms with van der Waals surface area (Å²) in [6.07, 6.45) is 3.54. The lowest BCUT2D eigenvalue weighted by atomic mass is 10.2. The van der Waals surface area contributed by atoms with Gasteiger partial charge in [0.25, 0.3) is 0 Å². The average molecular weight is 203 g/mol. The number of benzene rings is 1. The maximum atomic E-state index is 12.7. The van der Waals surface area contributed by atoms with E-state index in [1.54, 1.807) is 29.1 Å². The monoisotopic (exact) mass is 203 g/mol. The normalized spacial score (nSPS) is 10.2. The summed E-state index contributed by atoms with van der Waals surface area (Å²) in [5.74, 6) is -0.253. The van der Waals surface area contributed by atoms with Crippen LogP contribution in [0.4, 0.5) is 4.39 Å². The first-order chi connectivity index (χ1) is 7.29. The van der Waals surface area contributed by atoms with Crippen LogP contribution in [-0.4, -0.2) is 15.0 Å². The molecule has 1 heterocycles. The number of rotatable bonds is 3. The lowest BCUT2D eigenvalue weighted by molar-refractivity contribution is 0.628. The van der Waals surface area contributed by atoms with Gasteiger partial charge in [0.2, 0.25) is 0 Å². The minimum absolute atomic E-state index is 0.253. The van der Waals surface area contributed by atoms with Gasteiger partial charge in [-0.05, 0) is 24.3 Å². The third kappa shape index (κ3) is 2.10. The number of allylic oxidation sites excluding steroid dienone is 1. The molecule has 0 aliphatic heterocycles. The van der Waals surface area contributed by atoms with Gasteiger partial charge in [-0.1, -0.05) is 11.3 Å². The van der Waals surface area contributed by atoms with E-state index in [0.29, 0.717) is 6.54 Å². The zero-order valence-electron chi connectivity index (χ0n) is 8.10. The summed E-state index contributed by atoms with van der Waals surface area (Å²) in [6, 6.07) is 6.17. The van der Waals surface area contributed by atoms with Gasteiger partial charge in [-0.25, -0.2) is 9.07 Å². The summed E-state index contributed by atoms with van der Waals surface area (Å²) >= 11 is 0. The Morgan fingerprint density at radius 2 is 2.07 bits per heavy atom. The Hall–Kier alpha value is -1.97. The first kappa shape index (κ1) is 9.58. The molecule has 0 N–H and O–H groups in total. The van der Waals surface area contributed by atoms with Crippen LogP contribution in [0.3, 0.4) is 0 Å². The van der Waals surface area contributed by atoms with E-state index in [4.69, 9.17) is 0 Å². The summed E-state index contributed by atoms with van der Waals surface area (Å²) < 4.78 is 14.3. The highest BCUT2D eigenvalue weighted by Crippen LogP contribution is 2.15. The minimum atomic E-state index is -0.253. The van der Waals surface area contributed by atoms with E-state index >= 15 is 0 Å². The van der Waals surface area contributed by atoms with Crippen molar-refractivity contribution in [2.24, 2.45) is 0 Å². The molecule has 0 aliphatic rings. The number of aromatic nitrogens is 3. The third-order valence-corrected chi connectivity index (χ3v) is 1.99. The van der Waals surface area contributed by atoms with E-state index in [-0.39, 0.29) is 5.82 Å². The van der Waals surface area contributed by atoms with Gasteiger partial charge in [-0.15, -0.1) is 11.7 Å². The van der Waals surface area contributed by atoms with Crippen molar-refractivity contribution in [3.63, 3.8) is 0 Å². The summed E-state index contributed by atoms with van der Waals surface area (Å²) in [5.41, 5.74) is 1.59. The summed E-state index contributed by atoms with van der Waals surface area (Å²) in [5, 5.41) is 7.88. The van der Waals surface area contributed by atoms with Gasteiger partial charge in [-0.2, -0.15) is 0 Å². The Labute approximate surface area is 86.9 Å². The van der Waals surface area contributed by atoms with E-state index in [1.165, 1.54) is 12.1 Å². The largest absolute Gasteiger partial charge is 0.248 e. The predicted molar refractivity (Wildman–Crippen MR) is 55.6 cm³/mol. The maximum absolute atomic E-state index is 12.7. The Bertz CT molecular complexity index is 459. The van der Waals surface area contributed by atoms with Crippen molar-refractivity contribution in [3.8, 4) is 11.3 Å². The smallest absolute Gasteiger partial charge is 0.123 e. The fourth-order valence-corrected chi connectivity index (χ4v) is 1.27. The van der Waals surface area contributed by atoms with E-state index in [2.05, 4.69) is 16.9 Å². The highest BCUT2D eigenvalue weighted by molar-refractivity contribution is 5.57. The fourth-order valence-electron chi connectivity index (χ4n) is 1.27. The maximum Gasteiger partial charge on any atom is 0.123 e. The van der Waals surface area contributed by atoms with E-state index in [1.807, 2.05) is 0 Å². The third-order valence-electron chi connectivity index (χ3n) is 1.99. The minimum Gasteiger partial charge on any atom is -0.248 e. The molecule has 0 radical (unpaired) electrons. The SMILES string of the molecule is C=CCn1cc(-c2ccc(F)cc2)nn1. The number of halogens is 1. The average Bonchev–Trinajstić information content (AvgIpc) is 2.68. The molecule has 76 valence electrons. The summed E-state index contributed by atoms with van der Waals surface area (Å²) in [7, 11) is 0. The lowest BCUT2D eigenvalue weighted by Gasteiger charge is -1.94. The number of hydrogen-bond donors (Lipinski definition) is 0. The molecule has 0 saturated heterocycles. The fraction of sp³-hybridized carbons (Fsp3) is 0.0909. The van der Waals surface area contributed by atoms with Crippen LogP contribution in [-0.2, 0) is 6.54 Å². The zero-order chi connectivity index (χ0) is 10.7. The molecule has 15 heavy (non-hydrogen) atoms. The van der Waals surface area contributed by atoms with Crippen molar-refractivity contribution in [3.05, 3.63) is 48.9 Å². The molecule has 0 fully saturated rings. The van der Waals surface area contributed by atoms with E-state index in [9.17, 15) is 4.39 Å². The Kier molecular flexibility index (Phi) is 2.58. The van der Waals surface area contributed by atoms with Crippen LogP contribution in [0, 0.1) is 5.82 Å². The van der Waals surface area contributed by atoms with Crippen molar-refractivity contribution in [1.29, 1.82) is 0 Å². The second kappa shape index (κ2) is 4.04. The molecule has 0 atom stereocenters. The molecule has 4 heteroatoms. The number of hydrogen-bond acceptors (Lipinski definition) is 2. The van der Waals surface area contributed by atoms with Gasteiger partial charge in [0, 0.05) is 5.56 Å².